The van der Waals surface area contributed by atoms with E-state index in [4.69, 9.17) is 4.42 Å². The summed E-state index contributed by atoms with van der Waals surface area (Å²) in [6.07, 6.45) is 1.01. The van der Waals surface area contributed by atoms with E-state index in [-0.39, 0.29) is 11.5 Å². The molecule has 4 N–H and O–H groups in total. The van der Waals surface area contributed by atoms with Gasteiger partial charge in [-0.15, -0.1) is 10.2 Å². The number of aromatic nitrogens is 3. The highest BCUT2D eigenvalue weighted by Gasteiger charge is 2.16. The highest BCUT2D eigenvalue weighted by atomic mass is 32.2. The molecule has 0 amide bonds. The van der Waals surface area contributed by atoms with Crippen molar-refractivity contribution in [2.75, 3.05) is 5.43 Å². The van der Waals surface area contributed by atoms with Crippen LogP contribution in [-0.2, 0) is 12.3 Å². The molecular weight excluding hydrogens is 432 g/mol. The van der Waals surface area contributed by atoms with E-state index in [1.165, 1.54) is 30.0 Å². The number of benzene rings is 2. The second-order valence-electron chi connectivity index (χ2n) is 7.05. The monoisotopic (exact) mass is 452 g/mol. The Bertz CT molecular complexity index is 1300. The Labute approximate surface area is 187 Å². The molecule has 32 heavy (non-hydrogen) atoms. The first kappa shape index (κ1) is 21.3. The van der Waals surface area contributed by atoms with Gasteiger partial charge in [0.1, 0.15) is 12.0 Å². The third-order valence-electron chi connectivity index (χ3n) is 4.63. The highest BCUT2D eigenvalue weighted by molar-refractivity contribution is 7.98. The predicted molar refractivity (Wildman–Crippen MR) is 119 cm³/mol. The molecule has 2 aromatic carbocycles. The van der Waals surface area contributed by atoms with Crippen LogP contribution in [0.5, 0.6) is 17.2 Å². The fraction of sp³-hybridized carbons (Fsp3) is 0.136. The normalized spacial score (nSPS) is 10.9. The molecule has 10 heteroatoms. The summed E-state index contributed by atoms with van der Waals surface area (Å²) in [6, 6.07) is 13.6. The summed E-state index contributed by atoms with van der Waals surface area (Å²) in [6.45, 7) is 2.32. The van der Waals surface area contributed by atoms with Crippen molar-refractivity contribution in [3.05, 3.63) is 81.9 Å². The topological polar surface area (TPSA) is 134 Å². The maximum Gasteiger partial charge on any atom is 0.226 e. The predicted octanol–water partition coefficient (Wildman–Crippen LogP) is 3.36. The molecule has 0 bridgehead atoms. The van der Waals surface area contributed by atoms with Crippen LogP contribution >= 0.6 is 11.8 Å². The lowest BCUT2D eigenvalue weighted by Gasteiger charge is -2.13. The number of rotatable bonds is 7. The van der Waals surface area contributed by atoms with E-state index in [9.17, 15) is 20.1 Å². The van der Waals surface area contributed by atoms with Crippen molar-refractivity contribution in [2.45, 2.75) is 24.4 Å². The van der Waals surface area contributed by atoms with Crippen molar-refractivity contribution in [2.24, 2.45) is 0 Å². The molecule has 4 aromatic rings. The molecule has 0 aliphatic carbocycles. The first-order valence-electron chi connectivity index (χ1n) is 9.61. The van der Waals surface area contributed by atoms with E-state index in [0.717, 1.165) is 23.0 Å². The molecule has 2 aromatic heterocycles. The molecule has 0 unspecified atom stereocenters. The number of nitrogens with zero attached hydrogens (tertiary/aromatic N) is 3. The smallest absolute Gasteiger partial charge is 0.226 e. The lowest BCUT2D eigenvalue weighted by atomic mass is 10.1. The summed E-state index contributed by atoms with van der Waals surface area (Å²) < 4.78 is 6.98. The van der Waals surface area contributed by atoms with Crippen LogP contribution in [-0.4, -0.2) is 30.2 Å². The average Bonchev–Trinajstić information content (AvgIpc) is 3.18. The number of nitrogens with one attached hydrogen (secondary N) is 1. The Kier molecular flexibility index (Phi) is 6.04. The number of aromatic hydroxyl groups is 3. The molecule has 0 aliphatic heterocycles. The highest BCUT2D eigenvalue weighted by Crippen LogP contribution is 2.27. The number of hydrogen-bond acceptors (Lipinski definition) is 9. The van der Waals surface area contributed by atoms with Gasteiger partial charge in [-0.1, -0.05) is 47.7 Å². The molecule has 2 heterocycles. The Morgan fingerprint density at radius 3 is 2.50 bits per heavy atom. The van der Waals surface area contributed by atoms with Gasteiger partial charge in [0.2, 0.25) is 10.6 Å². The minimum atomic E-state index is -0.515. The van der Waals surface area contributed by atoms with Gasteiger partial charge in [-0.2, -0.15) is 0 Å². The van der Waals surface area contributed by atoms with Gasteiger partial charge in [0.15, 0.2) is 23.1 Å². The third-order valence-corrected chi connectivity index (χ3v) is 5.59. The first-order valence-corrected chi connectivity index (χ1v) is 10.6. The van der Waals surface area contributed by atoms with Gasteiger partial charge < -0.3 is 25.2 Å². The minimum absolute atomic E-state index is 0.190. The first-order chi connectivity index (χ1) is 15.4. The van der Waals surface area contributed by atoms with Crippen LogP contribution in [0.4, 0.5) is 0 Å². The second kappa shape index (κ2) is 9.06. The van der Waals surface area contributed by atoms with Gasteiger partial charge in [-0.05, 0) is 24.6 Å². The van der Waals surface area contributed by atoms with Crippen molar-refractivity contribution in [1.82, 2.24) is 14.9 Å². The standard InChI is InChI=1S/C22H20N4O5S/c1-13-2-5-15(6-3-13)21-24-25-22(32-12-16-9-19(29)20(30)11-31-16)26(21)23-10-14-4-7-17(27)18(28)8-14/h2-9,11,23,27-28,30H,10,12H2,1H3. The summed E-state index contributed by atoms with van der Waals surface area (Å²) >= 11 is 1.30. The van der Waals surface area contributed by atoms with Gasteiger partial charge in [-0.3, -0.25) is 4.79 Å². The van der Waals surface area contributed by atoms with Gasteiger partial charge in [0.25, 0.3) is 0 Å². The van der Waals surface area contributed by atoms with E-state index in [1.54, 1.807) is 10.7 Å². The molecule has 0 fully saturated rings. The fourth-order valence-electron chi connectivity index (χ4n) is 2.90. The summed E-state index contributed by atoms with van der Waals surface area (Å²) in [5.41, 5.74) is 5.43. The van der Waals surface area contributed by atoms with Crippen LogP contribution in [0.15, 0.2) is 69.2 Å². The van der Waals surface area contributed by atoms with Crippen molar-refractivity contribution >= 4 is 11.8 Å². The Balaban J connectivity index is 1.61. The zero-order chi connectivity index (χ0) is 22.7. The molecule has 9 nitrogen and oxygen atoms in total. The molecule has 0 radical (unpaired) electrons. The largest absolute Gasteiger partial charge is 0.504 e. The van der Waals surface area contributed by atoms with E-state index in [1.807, 2.05) is 31.2 Å². The van der Waals surface area contributed by atoms with Crippen LogP contribution in [0.25, 0.3) is 11.4 Å². The van der Waals surface area contributed by atoms with Gasteiger partial charge >= 0.3 is 0 Å². The van der Waals surface area contributed by atoms with E-state index >= 15 is 0 Å². The van der Waals surface area contributed by atoms with Crippen molar-refractivity contribution in [1.29, 1.82) is 0 Å². The van der Waals surface area contributed by atoms with Gasteiger partial charge in [0, 0.05) is 11.6 Å². The molecule has 0 saturated heterocycles. The maximum atomic E-state index is 11.6. The SMILES string of the molecule is Cc1ccc(-c2nnc(SCc3cc(=O)c(O)co3)n2NCc2ccc(O)c(O)c2)cc1. The number of aryl methyl sites for hydroxylation is 1. The lowest BCUT2D eigenvalue weighted by Crippen LogP contribution is -2.17. The fourth-order valence-corrected chi connectivity index (χ4v) is 3.70. The van der Waals surface area contributed by atoms with Crippen molar-refractivity contribution in [3.63, 3.8) is 0 Å². The van der Waals surface area contributed by atoms with E-state index in [2.05, 4.69) is 15.6 Å². The van der Waals surface area contributed by atoms with Gasteiger partial charge in [0.05, 0.1) is 12.3 Å². The molecule has 164 valence electrons. The Morgan fingerprint density at radius 1 is 1.00 bits per heavy atom. The molecular formula is C22H20N4O5S. The molecule has 0 saturated carbocycles. The number of hydrogen-bond donors (Lipinski definition) is 4. The summed E-state index contributed by atoms with van der Waals surface area (Å²) in [7, 11) is 0. The number of phenols is 2. The van der Waals surface area contributed by atoms with Crippen LogP contribution < -0.4 is 10.9 Å². The quantitative estimate of drug-likeness (QED) is 0.246. The van der Waals surface area contributed by atoms with E-state index < -0.39 is 11.2 Å². The zero-order valence-corrected chi connectivity index (χ0v) is 17.8. The summed E-state index contributed by atoms with van der Waals surface area (Å²) in [5, 5.41) is 37.7. The zero-order valence-electron chi connectivity index (χ0n) is 17.0. The maximum absolute atomic E-state index is 11.6. The average molecular weight is 452 g/mol. The third kappa shape index (κ3) is 4.70. The number of thioether (sulfide) groups is 1. The van der Waals surface area contributed by atoms with E-state index in [0.29, 0.717) is 29.0 Å². The van der Waals surface area contributed by atoms with Crippen molar-refractivity contribution < 1.29 is 19.7 Å². The second-order valence-corrected chi connectivity index (χ2v) is 7.99. The van der Waals surface area contributed by atoms with Crippen molar-refractivity contribution in [3.8, 4) is 28.6 Å². The minimum Gasteiger partial charge on any atom is -0.504 e. The van der Waals surface area contributed by atoms with Crippen LogP contribution in [0.3, 0.4) is 0 Å². The van der Waals surface area contributed by atoms with Crippen LogP contribution in [0.2, 0.25) is 0 Å². The Hall–Kier alpha value is -3.92. The lowest BCUT2D eigenvalue weighted by molar-refractivity contribution is 0.403. The summed E-state index contributed by atoms with van der Waals surface area (Å²) in [5.74, 6) is 0.426. The molecule has 0 spiro atoms. The molecule has 0 aliphatic rings. The molecule has 0 atom stereocenters. The van der Waals surface area contributed by atoms with Crippen LogP contribution in [0, 0.1) is 6.92 Å². The summed E-state index contributed by atoms with van der Waals surface area (Å²) in [4.78, 5) is 11.6. The molecule has 4 rings (SSSR count). The van der Waals surface area contributed by atoms with Crippen LogP contribution in [0.1, 0.15) is 16.9 Å². The van der Waals surface area contributed by atoms with Gasteiger partial charge in [-0.25, -0.2) is 4.68 Å². The Morgan fingerprint density at radius 2 is 1.78 bits per heavy atom. The number of phenolic OH excluding ortho intramolecular Hbond substituents is 2.